The number of aliphatic hydroxyl groups excluding tert-OH is 1. The summed E-state index contributed by atoms with van der Waals surface area (Å²) in [4.78, 5) is 4.64. The van der Waals surface area contributed by atoms with Crippen molar-refractivity contribution in [2.75, 3.05) is 13.1 Å². The molecule has 3 unspecified atom stereocenters. The van der Waals surface area contributed by atoms with Gasteiger partial charge in [0.1, 0.15) is 0 Å². The van der Waals surface area contributed by atoms with Gasteiger partial charge in [-0.15, -0.1) is 0 Å². The Hall–Kier alpha value is -2.33. The average Bonchev–Trinajstić information content (AvgIpc) is 3.41. The number of rotatable bonds is 7. The van der Waals surface area contributed by atoms with Crippen LogP contribution in [0, 0.1) is 6.92 Å². The van der Waals surface area contributed by atoms with Gasteiger partial charge in [0, 0.05) is 25.0 Å². The largest absolute Gasteiger partial charge is 0.388 e. The first kappa shape index (κ1) is 18.5. The highest BCUT2D eigenvalue weighted by Crippen LogP contribution is 2.42. The molecule has 0 spiro atoms. The molecule has 3 rings (SSSR count). The van der Waals surface area contributed by atoms with Gasteiger partial charge in [0.25, 0.3) is 0 Å². The monoisotopic (exact) mass is 351 g/mol. The SMILES string of the molecule is CCNC(=NCCC(O)c1ccccc1)NC1CC1c1ccccc1C. The Kier molecular flexibility index (Phi) is 6.29. The second kappa shape index (κ2) is 8.86. The fourth-order valence-electron chi connectivity index (χ4n) is 3.34. The standard InChI is InChI=1S/C22H29N3O/c1-3-23-22(24-14-13-21(26)17-10-5-4-6-11-17)25-20-15-19(20)18-12-8-7-9-16(18)2/h4-12,19-21,26H,3,13-15H2,1-2H3,(H2,23,24,25). The molecule has 0 radical (unpaired) electrons. The van der Waals surface area contributed by atoms with Crippen LogP contribution in [0.1, 0.15) is 48.5 Å². The maximum absolute atomic E-state index is 10.3. The zero-order chi connectivity index (χ0) is 18.4. The molecule has 0 bridgehead atoms. The first-order valence-electron chi connectivity index (χ1n) is 9.52. The summed E-state index contributed by atoms with van der Waals surface area (Å²) in [5, 5.41) is 17.1. The summed E-state index contributed by atoms with van der Waals surface area (Å²) in [5.41, 5.74) is 3.73. The second-order valence-electron chi connectivity index (χ2n) is 6.93. The highest BCUT2D eigenvalue weighted by atomic mass is 16.3. The fraction of sp³-hybridized carbons (Fsp3) is 0.409. The molecule has 0 aromatic heterocycles. The third-order valence-electron chi connectivity index (χ3n) is 4.90. The third kappa shape index (κ3) is 4.85. The Morgan fingerprint density at radius 3 is 2.62 bits per heavy atom. The molecule has 0 saturated heterocycles. The van der Waals surface area contributed by atoms with E-state index in [4.69, 9.17) is 0 Å². The summed E-state index contributed by atoms with van der Waals surface area (Å²) in [6, 6.07) is 18.8. The quantitative estimate of drug-likeness (QED) is 0.528. The number of guanidine groups is 1. The van der Waals surface area contributed by atoms with Crippen LogP contribution in [0.15, 0.2) is 59.6 Å². The Balaban J connectivity index is 1.53. The van der Waals surface area contributed by atoms with Gasteiger partial charge in [0.05, 0.1) is 6.10 Å². The Labute approximate surface area is 156 Å². The van der Waals surface area contributed by atoms with E-state index in [1.807, 2.05) is 30.3 Å². The zero-order valence-electron chi connectivity index (χ0n) is 15.7. The van der Waals surface area contributed by atoms with Gasteiger partial charge in [0.15, 0.2) is 5.96 Å². The molecule has 4 heteroatoms. The average molecular weight is 351 g/mol. The molecule has 1 aliphatic rings. The molecule has 2 aromatic carbocycles. The van der Waals surface area contributed by atoms with Crippen molar-refractivity contribution in [1.29, 1.82) is 0 Å². The maximum atomic E-state index is 10.3. The normalized spacial score (nSPS) is 20.5. The number of hydrogen-bond donors (Lipinski definition) is 3. The van der Waals surface area contributed by atoms with E-state index in [1.54, 1.807) is 0 Å². The van der Waals surface area contributed by atoms with Gasteiger partial charge in [-0.1, -0.05) is 54.6 Å². The van der Waals surface area contributed by atoms with E-state index >= 15 is 0 Å². The molecule has 138 valence electrons. The summed E-state index contributed by atoms with van der Waals surface area (Å²) >= 11 is 0. The molecule has 26 heavy (non-hydrogen) atoms. The third-order valence-corrected chi connectivity index (χ3v) is 4.90. The van der Waals surface area contributed by atoms with Crippen molar-refractivity contribution in [2.45, 2.75) is 44.8 Å². The van der Waals surface area contributed by atoms with E-state index in [1.165, 1.54) is 11.1 Å². The van der Waals surface area contributed by atoms with Crippen LogP contribution in [-0.2, 0) is 0 Å². The molecule has 3 atom stereocenters. The Bertz CT molecular complexity index is 729. The molecule has 4 nitrogen and oxygen atoms in total. The van der Waals surface area contributed by atoms with Crippen LogP contribution in [-0.4, -0.2) is 30.2 Å². The van der Waals surface area contributed by atoms with Gasteiger partial charge in [-0.25, -0.2) is 0 Å². The number of benzene rings is 2. The molecule has 2 aromatic rings. The molecular weight excluding hydrogens is 322 g/mol. The number of aryl methyl sites for hydroxylation is 1. The Morgan fingerprint density at radius 2 is 1.88 bits per heavy atom. The van der Waals surface area contributed by atoms with Gasteiger partial charge >= 0.3 is 0 Å². The smallest absolute Gasteiger partial charge is 0.191 e. The van der Waals surface area contributed by atoms with Gasteiger partial charge in [-0.2, -0.15) is 0 Å². The van der Waals surface area contributed by atoms with Crippen molar-refractivity contribution in [3.63, 3.8) is 0 Å². The van der Waals surface area contributed by atoms with Crippen LogP contribution in [0.2, 0.25) is 0 Å². The van der Waals surface area contributed by atoms with Crippen LogP contribution in [0.4, 0.5) is 0 Å². The molecular formula is C22H29N3O. The van der Waals surface area contributed by atoms with Crippen molar-refractivity contribution in [3.8, 4) is 0 Å². The van der Waals surface area contributed by atoms with Crippen molar-refractivity contribution in [1.82, 2.24) is 10.6 Å². The van der Waals surface area contributed by atoms with Gasteiger partial charge in [-0.3, -0.25) is 4.99 Å². The number of nitrogens with zero attached hydrogens (tertiary/aromatic N) is 1. The minimum Gasteiger partial charge on any atom is -0.388 e. The van der Waals surface area contributed by atoms with Crippen LogP contribution in [0.25, 0.3) is 0 Å². The van der Waals surface area contributed by atoms with E-state index in [-0.39, 0.29) is 0 Å². The summed E-state index contributed by atoms with van der Waals surface area (Å²) in [7, 11) is 0. The first-order valence-corrected chi connectivity index (χ1v) is 9.52. The summed E-state index contributed by atoms with van der Waals surface area (Å²) < 4.78 is 0. The fourth-order valence-corrected chi connectivity index (χ4v) is 3.34. The van der Waals surface area contributed by atoms with Crippen LogP contribution in [0.3, 0.4) is 0 Å². The lowest BCUT2D eigenvalue weighted by molar-refractivity contribution is 0.170. The summed E-state index contributed by atoms with van der Waals surface area (Å²) in [6.45, 7) is 5.67. The minimum absolute atomic E-state index is 0.438. The van der Waals surface area contributed by atoms with E-state index in [0.29, 0.717) is 24.9 Å². The van der Waals surface area contributed by atoms with E-state index < -0.39 is 6.10 Å². The second-order valence-corrected chi connectivity index (χ2v) is 6.93. The van der Waals surface area contributed by atoms with Crippen molar-refractivity contribution < 1.29 is 5.11 Å². The summed E-state index contributed by atoms with van der Waals surface area (Å²) in [5.74, 6) is 1.41. The lowest BCUT2D eigenvalue weighted by Crippen LogP contribution is -2.39. The first-order chi connectivity index (χ1) is 12.7. The van der Waals surface area contributed by atoms with E-state index in [2.05, 4.69) is 53.7 Å². The summed E-state index contributed by atoms with van der Waals surface area (Å²) in [6.07, 6.45) is 1.29. The van der Waals surface area contributed by atoms with Gasteiger partial charge in [0.2, 0.25) is 0 Å². The molecule has 0 heterocycles. The predicted octanol–water partition coefficient (Wildman–Crippen LogP) is 3.53. The van der Waals surface area contributed by atoms with Crippen molar-refractivity contribution in [3.05, 3.63) is 71.3 Å². The number of aliphatic imine (C=N–C) groups is 1. The van der Waals surface area contributed by atoms with Crippen LogP contribution < -0.4 is 10.6 Å². The molecule has 0 aliphatic heterocycles. The van der Waals surface area contributed by atoms with Crippen molar-refractivity contribution >= 4 is 5.96 Å². The van der Waals surface area contributed by atoms with Gasteiger partial charge < -0.3 is 15.7 Å². The lowest BCUT2D eigenvalue weighted by atomic mass is 10.0. The lowest BCUT2D eigenvalue weighted by Gasteiger charge is -2.13. The highest BCUT2D eigenvalue weighted by Gasteiger charge is 2.39. The highest BCUT2D eigenvalue weighted by molar-refractivity contribution is 5.80. The number of nitrogens with one attached hydrogen (secondary N) is 2. The molecule has 1 fully saturated rings. The van der Waals surface area contributed by atoms with Crippen molar-refractivity contribution in [2.24, 2.45) is 4.99 Å². The topological polar surface area (TPSA) is 56.7 Å². The van der Waals surface area contributed by atoms with Crippen LogP contribution >= 0.6 is 0 Å². The number of hydrogen-bond acceptors (Lipinski definition) is 2. The maximum Gasteiger partial charge on any atom is 0.191 e. The molecule has 1 aliphatic carbocycles. The van der Waals surface area contributed by atoms with E-state index in [0.717, 1.165) is 24.5 Å². The molecule has 0 amide bonds. The molecule has 3 N–H and O–H groups in total. The van der Waals surface area contributed by atoms with Gasteiger partial charge in [-0.05, 0) is 43.4 Å². The van der Waals surface area contributed by atoms with Crippen LogP contribution in [0.5, 0.6) is 0 Å². The minimum atomic E-state index is -0.469. The zero-order valence-corrected chi connectivity index (χ0v) is 15.7. The Morgan fingerprint density at radius 1 is 1.15 bits per heavy atom. The predicted molar refractivity (Wildman–Crippen MR) is 107 cm³/mol. The number of aliphatic hydroxyl groups is 1. The van der Waals surface area contributed by atoms with E-state index in [9.17, 15) is 5.11 Å². The molecule has 1 saturated carbocycles.